The number of carbonyl (C=O) groups is 1. The van der Waals surface area contributed by atoms with Crippen molar-refractivity contribution in [3.05, 3.63) is 69.6 Å². The highest BCUT2D eigenvalue weighted by Gasteiger charge is 2.23. The molecule has 132 valence electrons. The summed E-state index contributed by atoms with van der Waals surface area (Å²) in [7, 11) is 0. The van der Waals surface area contributed by atoms with E-state index in [2.05, 4.69) is 45.6 Å². The number of anilines is 1. The molecule has 1 aliphatic rings. The molecule has 1 atom stereocenters. The molecule has 3 aromatic rings. The minimum absolute atomic E-state index is 0.0628. The smallest absolute Gasteiger partial charge is 0.356 e. The van der Waals surface area contributed by atoms with Gasteiger partial charge in [-0.05, 0) is 30.7 Å². The fourth-order valence-corrected chi connectivity index (χ4v) is 4.34. The Morgan fingerprint density at radius 2 is 2.08 bits per heavy atom. The van der Waals surface area contributed by atoms with Crippen molar-refractivity contribution >= 4 is 23.1 Å². The van der Waals surface area contributed by atoms with E-state index in [-0.39, 0.29) is 5.69 Å². The Morgan fingerprint density at radius 3 is 2.81 bits per heavy atom. The predicted molar refractivity (Wildman–Crippen MR) is 99.6 cm³/mol. The number of nitrogens with one attached hydrogen (secondary N) is 1. The van der Waals surface area contributed by atoms with Crippen molar-refractivity contribution in [2.24, 2.45) is 0 Å². The van der Waals surface area contributed by atoms with E-state index in [9.17, 15) is 4.79 Å². The molecule has 0 amide bonds. The number of aryl methyl sites for hydroxylation is 1. The van der Waals surface area contributed by atoms with Crippen LogP contribution in [0.4, 0.5) is 5.82 Å². The molecule has 6 nitrogen and oxygen atoms in total. The summed E-state index contributed by atoms with van der Waals surface area (Å²) in [6, 6.07) is 10.7. The molecule has 1 aromatic carbocycles. The highest BCUT2D eigenvalue weighted by molar-refractivity contribution is 7.11. The highest BCUT2D eigenvalue weighted by atomic mass is 32.1. The lowest BCUT2D eigenvalue weighted by molar-refractivity contribution is 0.0690. The maximum absolute atomic E-state index is 10.8. The van der Waals surface area contributed by atoms with E-state index in [1.54, 1.807) is 11.3 Å². The molecule has 26 heavy (non-hydrogen) atoms. The quantitative estimate of drug-likeness (QED) is 0.718. The number of carboxylic acids is 1. The van der Waals surface area contributed by atoms with Crippen LogP contribution < -0.4 is 5.32 Å². The van der Waals surface area contributed by atoms with E-state index in [1.807, 2.05) is 0 Å². The molecule has 0 saturated heterocycles. The molecule has 1 aliphatic carbocycles. The zero-order valence-corrected chi connectivity index (χ0v) is 14.9. The molecular weight excluding hydrogens is 348 g/mol. The summed E-state index contributed by atoms with van der Waals surface area (Å²) in [6.45, 7) is 0.564. The Morgan fingerprint density at radius 1 is 1.23 bits per heavy atom. The molecule has 2 N–H and O–H groups in total. The predicted octanol–water partition coefficient (Wildman–Crippen LogP) is 3.52. The summed E-state index contributed by atoms with van der Waals surface area (Å²) in [6.07, 6.45) is 5.88. The fourth-order valence-electron chi connectivity index (χ4n) is 3.21. The largest absolute Gasteiger partial charge is 0.476 e. The maximum atomic E-state index is 10.8. The van der Waals surface area contributed by atoms with Crippen LogP contribution in [0.5, 0.6) is 0 Å². The number of nitrogens with zero attached hydrogens (tertiary/aromatic N) is 3. The molecule has 4 rings (SSSR count). The first-order valence-corrected chi connectivity index (χ1v) is 9.32. The number of aromatic nitrogens is 3. The first-order chi connectivity index (χ1) is 12.7. The molecule has 0 spiro atoms. The van der Waals surface area contributed by atoms with Crippen LogP contribution >= 0.6 is 11.3 Å². The monoisotopic (exact) mass is 366 g/mol. The molecular formula is C19H18N4O2S. The van der Waals surface area contributed by atoms with Gasteiger partial charge in [-0.15, -0.1) is 11.3 Å². The molecule has 2 aromatic heterocycles. The zero-order valence-electron chi connectivity index (χ0n) is 14.1. The summed E-state index contributed by atoms with van der Waals surface area (Å²) in [5, 5.41) is 13.0. The van der Waals surface area contributed by atoms with Crippen LogP contribution in [0.15, 0.2) is 42.7 Å². The van der Waals surface area contributed by atoms with Crippen LogP contribution in [0, 0.1) is 0 Å². The lowest BCUT2D eigenvalue weighted by Gasteiger charge is -2.21. The number of thiazole rings is 1. The normalized spacial score (nSPS) is 16.1. The summed E-state index contributed by atoms with van der Waals surface area (Å²) >= 11 is 1.75. The van der Waals surface area contributed by atoms with Crippen LogP contribution in [0.1, 0.15) is 44.0 Å². The van der Waals surface area contributed by atoms with Gasteiger partial charge in [-0.1, -0.05) is 30.3 Å². The Labute approximate surface area is 155 Å². The number of benzene rings is 1. The summed E-state index contributed by atoms with van der Waals surface area (Å²) < 4.78 is 0. The number of aromatic carboxylic acids is 1. The lowest BCUT2D eigenvalue weighted by Crippen LogP contribution is -2.11. The number of hydrogen-bond donors (Lipinski definition) is 2. The second kappa shape index (κ2) is 7.21. The number of rotatable bonds is 5. The van der Waals surface area contributed by atoms with Crippen molar-refractivity contribution in [1.82, 2.24) is 15.0 Å². The molecule has 0 aliphatic heterocycles. The van der Waals surface area contributed by atoms with Gasteiger partial charge >= 0.3 is 5.97 Å². The third-order valence-electron chi connectivity index (χ3n) is 4.55. The van der Waals surface area contributed by atoms with Crippen LogP contribution in [0.2, 0.25) is 0 Å². The summed E-state index contributed by atoms with van der Waals surface area (Å²) in [5.41, 5.74) is 2.55. The van der Waals surface area contributed by atoms with Crippen LogP contribution in [-0.2, 0) is 19.4 Å². The van der Waals surface area contributed by atoms with Gasteiger partial charge in [0.05, 0.1) is 24.6 Å². The van der Waals surface area contributed by atoms with Gasteiger partial charge in [0.15, 0.2) is 5.69 Å². The first kappa shape index (κ1) is 16.7. The Bertz CT molecular complexity index is 909. The second-order valence-corrected chi connectivity index (χ2v) is 7.44. The number of hydrogen-bond acceptors (Lipinski definition) is 6. The lowest BCUT2D eigenvalue weighted by atomic mass is 9.85. The van der Waals surface area contributed by atoms with Gasteiger partial charge in [0.1, 0.15) is 10.8 Å². The van der Waals surface area contributed by atoms with Crippen LogP contribution in [0.3, 0.4) is 0 Å². The molecule has 0 saturated carbocycles. The molecule has 7 heteroatoms. The minimum atomic E-state index is -1.08. The average Bonchev–Trinajstić information content (AvgIpc) is 3.09. The standard InChI is InChI=1S/C19H18N4O2S/c24-19(25)15-9-21-17(10-20-15)22-11-18-23-14-7-6-13(8-16(14)26-18)12-4-2-1-3-5-12/h1-5,9-10,13H,6-8,11H2,(H,21,22)(H,24,25). The van der Waals surface area contributed by atoms with E-state index in [4.69, 9.17) is 10.1 Å². The number of fused-ring (bicyclic) bond motifs is 1. The molecule has 0 bridgehead atoms. The van der Waals surface area contributed by atoms with Gasteiger partial charge in [0.2, 0.25) is 0 Å². The molecule has 2 heterocycles. The average molecular weight is 366 g/mol. The number of carboxylic acid groups (broad SMARTS) is 1. The fraction of sp³-hybridized carbons (Fsp3) is 0.263. The van der Waals surface area contributed by atoms with Crippen molar-refractivity contribution in [3.8, 4) is 0 Å². The Hall–Kier alpha value is -2.80. The van der Waals surface area contributed by atoms with Crippen LogP contribution in [-0.4, -0.2) is 26.0 Å². The van der Waals surface area contributed by atoms with E-state index in [1.165, 1.54) is 28.5 Å². The first-order valence-electron chi connectivity index (χ1n) is 8.50. The topological polar surface area (TPSA) is 88.0 Å². The van der Waals surface area contributed by atoms with Gasteiger partial charge in [-0.2, -0.15) is 0 Å². The van der Waals surface area contributed by atoms with Gasteiger partial charge in [-0.3, -0.25) is 0 Å². The van der Waals surface area contributed by atoms with E-state index < -0.39 is 5.97 Å². The maximum Gasteiger partial charge on any atom is 0.356 e. The summed E-state index contributed by atoms with van der Waals surface area (Å²) in [4.78, 5) is 24.9. The van der Waals surface area contributed by atoms with Crippen molar-refractivity contribution in [3.63, 3.8) is 0 Å². The second-order valence-electron chi connectivity index (χ2n) is 6.27. The zero-order chi connectivity index (χ0) is 17.9. The van der Waals surface area contributed by atoms with E-state index >= 15 is 0 Å². The van der Waals surface area contributed by atoms with Gasteiger partial charge in [0, 0.05) is 4.88 Å². The molecule has 0 radical (unpaired) electrons. The third kappa shape index (κ3) is 3.57. The van der Waals surface area contributed by atoms with E-state index in [0.717, 1.165) is 24.3 Å². The Balaban J connectivity index is 1.41. The summed E-state index contributed by atoms with van der Waals surface area (Å²) in [5.74, 6) is 0.0364. The van der Waals surface area contributed by atoms with Gasteiger partial charge in [-0.25, -0.2) is 19.7 Å². The van der Waals surface area contributed by atoms with Crippen molar-refractivity contribution in [1.29, 1.82) is 0 Å². The minimum Gasteiger partial charge on any atom is -0.476 e. The molecule has 1 unspecified atom stereocenters. The van der Waals surface area contributed by atoms with Crippen molar-refractivity contribution in [2.45, 2.75) is 31.7 Å². The Kier molecular flexibility index (Phi) is 4.62. The third-order valence-corrected chi connectivity index (χ3v) is 5.67. The van der Waals surface area contributed by atoms with Gasteiger partial charge < -0.3 is 10.4 Å². The highest BCUT2D eigenvalue weighted by Crippen LogP contribution is 2.35. The van der Waals surface area contributed by atoms with Crippen molar-refractivity contribution < 1.29 is 9.90 Å². The van der Waals surface area contributed by atoms with E-state index in [0.29, 0.717) is 18.3 Å². The van der Waals surface area contributed by atoms with Crippen molar-refractivity contribution in [2.75, 3.05) is 5.32 Å². The van der Waals surface area contributed by atoms with Crippen LogP contribution in [0.25, 0.3) is 0 Å². The SMILES string of the molecule is O=C(O)c1cnc(NCc2nc3c(s2)CC(c2ccccc2)CC3)cn1. The molecule has 0 fully saturated rings. The van der Waals surface area contributed by atoms with Gasteiger partial charge in [0.25, 0.3) is 0 Å².